The van der Waals surface area contributed by atoms with Crippen LogP contribution in [-0.2, 0) is 4.74 Å². The summed E-state index contributed by atoms with van der Waals surface area (Å²) in [6.45, 7) is 2.21. The predicted octanol–water partition coefficient (Wildman–Crippen LogP) is 4.17. The molecule has 0 atom stereocenters. The molecule has 0 aliphatic carbocycles. The molecule has 0 bridgehead atoms. The van der Waals surface area contributed by atoms with Gasteiger partial charge in [-0.25, -0.2) is 4.79 Å². The molecule has 0 aliphatic heterocycles. The first-order valence-corrected chi connectivity index (χ1v) is 6.39. The molecule has 2 nitrogen and oxygen atoms in total. The summed E-state index contributed by atoms with van der Waals surface area (Å²) in [6, 6.07) is 17.9. The van der Waals surface area contributed by atoms with Crippen LogP contribution in [0.1, 0.15) is 17.3 Å². The Morgan fingerprint density at radius 1 is 0.947 bits per heavy atom. The van der Waals surface area contributed by atoms with E-state index in [1.54, 1.807) is 0 Å². The number of benzene rings is 3. The van der Waals surface area contributed by atoms with Crippen molar-refractivity contribution in [3.8, 4) is 0 Å². The van der Waals surface area contributed by atoms with E-state index in [0.717, 1.165) is 21.5 Å². The first kappa shape index (κ1) is 11.7. The number of rotatable bonds is 2. The lowest BCUT2D eigenvalue weighted by Crippen LogP contribution is -2.05. The van der Waals surface area contributed by atoms with Crippen molar-refractivity contribution in [3.05, 3.63) is 60.2 Å². The molecule has 0 saturated heterocycles. The van der Waals surface area contributed by atoms with Crippen LogP contribution in [0.5, 0.6) is 0 Å². The Labute approximate surface area is 111 Å². The zero-order valence-corrected chi connectivity index (χ0v) is 10.7. The molecule has 0 N–H and O–H groups in total. The molecular weight excluding hydrogens is 236 g/mol. The Morgan fingerprint density at radius 3 is 2.32 bits per heavy atom. The number of hydrogen-bond donors (Lipinski definition) is 0. The van der Waals surface area contributed by atoms with Gasteiger partial charge in [0.2, 0.25) is 0 Å². The maximum atomic E-state index is 12.1. The molecule has 0 fully saturated rings. The first-order chi connectivity index (χ1) is 9.31. The molecule has 3 aromatic carbocycles. The van der Waals surface area contributed by atoms with Crippen molar-refractivity contribution in [2.24, 2.45) is 0 Å². The summed E-state index contributed by atoms with van der Waals surface area (Å²) in [4.78, 5) is 12.1. The van der Waals surface area contributed by atoms with Gasteiger partial charge in [-0.2, -0.15) is 0 Å². The Morgan fingerprint density at radius 2 is 1.58 bits per heavy atom. The fraction of sp³-hybridized carbons (Fsp3) is 0.118. The van der Waals surface area contributed by atoms with E-state index in [4.69, 9.17) is 4.74 Å². The van der Waals surface area contributed by atoms with Crippen LogP contribution in [0.15, 0.2) is 54.6 Å². The van der Waals surface area contributed by atoms with Gasteiger partial charge in [0.05, 0.1) is 12.2 Å². The Hall–Kier alpha value is -2.35. The first-order valence-electron chi connectivity index (χ1n) is 6.39. The molecule has 0 saturated carbocycles. The molecule has 0 heterocycles. The molecule has 0 aliphatic rings. The standard InChI is InChI=1S/C17H14O2/c1-2-19-17(18)16-11-12-7-3-4-8-13(12)14-9-5-6-10-15(14)16/h3-11H,2H2,1H3. The van der Waals surface area contributed by atoms with Crippen molar-refractivity contribution >= 4 is 27.5 Å². The fourth-order valence-corrected chi connectivity index (χ4v) is 2.43. The topological polar surface area (TPSA) is 26.3 Å². The zero-order valence-electron chi connectivity index (χ0n) is 10.7. The summed E-state index contributed by atoms with van der Waals surface area (Å²) in [5, 5.41) is 4.25. The predicted molar refractivity (Wildman–Crippen MR) is 77.4 cm³/mol. The third kappa shape index (κ3) is 1.95. The van der Waals surface area contributed by atoms with E-state index in [2.05, 4.69) is 6.07 Å². The van der Waals surface area contributed by atoms with Crippen LogP contribution in [-0.4, -0.2) is 12.6 Å². The minimum atomic E-state index is -0.260. The second-order valence-corrected chi connectivity index (χ2v) is 4.41. The normalized spacial score (nSPS) is 10.8. The van der Waals surface area contributed by atoms with E-state index in [1.807, 2.05) is 55.5 Å². The molecule has 0 aromatic heterocycles. The van der Waals surface area contributed by atoms with Crippen molar-refractivity contribution in [2.45, 2.75) is 6.92 Å². The van der Waals surface area contributed by atoms with Crippen LogP contribution in [0.2, 0.25) is 0 Å². The number of carbonyl (C=O) groups excluding carboxylic acids is 1. The molecule has 0 radical (unpaired) electrons. The SMILES string of the molecule is CCOC(=O)c1cc2ccccc2c2ccccc12. The van der Waals surface area contributed by atoms with Crippen LogP contribution in [0, 0.1) is 0 Å². The highest BCUT2D eigenvalue weighted by atomic mass is 16.5. The van der Waals surface area contributed by atoms with Crippen molar-refractivity contribution in [1.82, 2.24) is 0 Å². The average Bonchev–Trinajstić information content (AvgIpc) is 2.46. The van der Waals surface area contributed by atoms with Crippen LogP contribution >= 0.6 is 0 Å². The largest absolute Gasteiger partial charge is 0.462 e. The second-order valence-electron chi connectivity index (χ2n) is 4.41. The van der Waals surface area contributed by atoms with Gasteiger partial charge in [-0.15, -0.1) is 0 Å². The fourth-order valence-electron chi connectivity index (χ4n) is 2.43. The summed E-state index contributed by atoms with van der Waals surface area (Å²) >= 11 is 0. The minimum absolute atomic E-state index is 0.260. The third-order valence-electron chi connectivity index (χ3n) is 3.26. The molecule has 0 spiro atoms. The van der Waals surface area contributed by atoms with Gasteiger partial charge >= 0.3 is 5.97 Å². The monoisotopic (exact) mass is 250 g/mol. The van der Waals surface area contributed by atoms with Gasteiger partial charge in [0, 0.05) is 0 Å². The second kappa shape index (κ2) is 4.73. The highest BCUT2D eigenvalue weighted by Gasteiger charge is 2.13. The van der Waals surface area contributed by atoms with Gasteiger partial charge in [0.15, 0.2) is 0 Å². The lowest BCUT2D eigenvalue weighted by Gasteiger charge is -2.09. The van der Waals surface area contributed by atoms with E-state index in [1.165, 1.54) is 0 Å². The maximum absolute atomic E-state index is 12.1. The van der Waals surface area contributed by atoms with Crippen LogP contribution in [0.4, 0.5) is 0 Å². The Balaban J connectivity index is 2.39. The van der Waals surface area contributed by atoms with E-state index in [0.29, 0.717) is 12.2 Å². The number of esters is 1. The number of hydrogen-bond acceptors (Lipinski definition) is 2. The van der Waals surface area contributed by atoms with Crippen molar-refractivity contribution in [1.29, 1.82) is 0 Å². The molecule has 3 aromatic rings. The Kier molecular flexibility index (Phi) is 2.92. The minimum Gasteiger partial charge on any atom is -0.462 e. The lowest BCUT2D eigenvalue weighted by atomic mass is 9.97. The zero-order chi connectivity index (χ0) is 13.2. The van der Waals surface area contributed by atoms with E-state index in [-0.39, 0.29) is 5.97 Å². The smallest absolute Gasteiger partial charge is 0.338 e. The summed E-state index contributed by atoms with van der Waals surface area (Å²) in [5.41, 5.74) is 0.635. The van der Waals surface area contributed by atoms with E-state index < -0.39 is 0 Å². The summed E-state index contributed by atoms with van der Waals surface area (Å²) in [6.07, 6.45) is 0. The van der Waals surface area contributed by atoms with Gasteiger partial charge in [0.25, 0.3) is 0 Å². The van der Waals surface area contributed by atoms with Crippen LogP contribution in [0.3, 0.4) is 0 Å². The van der Waals surface area contributed by atoms with Crippen LogP contribution in [0.25, 0.3) is 21.5 Å². The number of ether oxygens (including phenoxy) is 1. The molecule has 94 valence electrons. The van der Waals surface area contributed by atoms with Crippen molar-refractivity contribution < 1.29 is 9.53 Å². The van der Waals surface area contributed by atoms with Gasteiger partial charge in [-0.1, -0.05) is 48.5 Å². The lowest BCUT2D eigenvalue weighted by molar-refractivity contribution is 0.0529. The van der Waals surface area contributed by atoms with Gasteiger partial charge in [-0.05, 0) is 34.5 Å². The highest BCUT2D eigenvalue weighted by molar-refractivity contribution is 6.15. The molecule has 2 heteroatoms. The van der Waals surface area contributed by atoms with Crippen LogP contribution < -0.4 is 0 Å². The van der Waals surface area contributed by atoms with Crippen molar-refractivity contribution in [3.63, 3.8) is 0 Å². The number of fused-ring (bicyclic) bond motifs is 3. The quantitative estimate of drug-likeness (QED) is 0.504. The highest BCUT2D eigenvalue weighted by Crippen LogP contribution is 2.28. The molecular formula is C17H14O2. The summed E-state index contributed by atoms with van der Waals surface area (Å²) < 4.78 is 5.15. The molecule has 0 unspecified atom stereocenters. The van der Waals surface area contributed by atoms with Gasteiger partial charge in [0.1, 0.15) is 0 Å². The van der Waals surface area contributed by atoms with Gasteiger partial charge < -0.3 is 4.74 Å². The Bertz CT molecular complexity index is 759. The number of carbonyl (C=O) groups is 1. The molecule has 19 heavy (non-hydrogen) atoms. The summed E-state index contributed by atoms with van der Waals surface area (Å²) in [5.74, 6) is -0.260. The van der Waals surface area contributed by atoms with Crippen molar-refractivity contribution in [2.75, 3.05) is 6.61 Å². The average molecular weight is 250 g/mol. The van der Waals surface area contributed by atoms with E-state index >= 15 is 0 Å². The summed E-state index contributed by atoms with van der Waals surface area (Å²) in [7, 11) is 0. The molecule has 3 rings (SSSR count). The maximum Gasteiger partial charge on any atom is 0.338 e. The van der Waals surface area contributed by atoms with E-state index in [9.17, 15) is 4.79 Å². The molecule has 0 amide bonds. The third-order valence-corrected chi connectivity index (χ3v) is 3.26. The van der Waals surface area contributed by atoms with Gasteiger partial charge in [-0.3, -0.25) is 0 Å².